The molecule has 0 fully saturated rings. The first kappa shape index (κ1) is 15.1. The van der Waals surface area contributed by atoms with Gasteiger partial charge in [-0.25, -0.2) is 0 Å². The van der Waals surface area contributed by atoms with Crippen LogP contribution in [-0.2, 0) is 0 Å². The predicted octanol–water partition coefficient (Wildman–Crippen LogP) is 2.47. The molecule has 9 heteroatoms. The van der Waals surface area contributed by atoms with Crippen LogP contribution in [0.4, 0.5) is 5.69 Å². The van der Waals surface area contributed by atoms with Crippen LogP contribution in [0.3, 0.4) is 0 Å². The van der Waals surface area contributed by atoms with Gasteiger partial charge in [0.15, 0.2) is 0 Å². The number of methoxy groups -OCH3 is 1. The molecule has 2 aromatic heterocycles. The quantitative estimate of drug-likeness (QED) is 0.783. The van der Waals surface area contributed by atoms with Gasteiger partial charge in [-0.2, -0.15) is 0 Å². The Balaban J connectivity index is 1.94. The van der Waals surface area contributed by atoms with Crippen molar-refractivity contribution in [2.75, 3.05) is 12.4 Å². The smallest absolute Gasteiger partial charge is 0.269 e. The first-order valence-electron chi connectivity index (χ1n) is 6.67. The highest BCUT2D eigenvalue weighted by Crippen LogP contribution is 2.30. The molecular formula is C14H13N5O3S. The highest BCUT2D eigenvalue weighted by atomic mass is 32.1. The van der Waals surface area contributed by atoms with Gasteiger partial charge in [0.05, 0.1) is 18.5 Å². The van der Waals surface area contributed by atoms with Crippen molar-refractivity contribution in [3.63, 3.8) is 0 Å². The van der Waals surface area contributed by atoms with Crippen molar-refractivity contribution >= 4 is 23.1 Å². The minimum Gasteiger partial charge on any atom is -0.495 e. The number of hydrogen-bond donors (Lipinski definition) is 1. The summed E-state index contributed by atoms with van der Waals surface area (Å²) in [5, 5.41) is 14.4. The minimum atomic E-state index is -0.297. The van der Waals surface area contributed by atoms with Crippen LogP contribution in [0.2, 0.25) is 0 Å². The summed E-state index contributed by atoms with van der Waals surface area (Å²) < 4.78 is 14.4. The Morgan fingerprint density at radius 1 is 1.26 bits per heavy atom. The zero-order valence-electron chi connectivity index (χ0n) is 12.7. The number of anilines is 1. The number of carbonyl (C=O) groups is 1. The zero-order valence-corrected chi connectivity index (χ0v) is 13.5. The van der Waals surface area contributed by atoms with E-state index in [1.54, 1.807) is 32.0 Å². The molecule has 0 saturated heterocycles. The Bertz CT molecular complexity index is 858. The van der Waals surface area contributed by atoms with Crippen LogP contribution >= 0.6 is 11.5 Å². The molecule has 0 atom stereocenters. The van der Waals surface area contributed by atoms with Gasteiger partial charge < -0.3 is 14.5 Å². The molecule has 3 rings (SSSR count). The number of ether oxygens (including phenoxy) is 1. The number of aromatic nitrogens is 4. The molecule has 0 spiro atoms. The van der Waals surface area contributed by atoms with E-state index in [9.17, 15) is 4.79 Å². The number of amides is 1. The zero-order chi connectivity index (χ0) is 16.4. The Morgan fingerprint density at radius 2 is 2.09 bits per heavy atom. The van der Waals surface area contributed by atoms with Crippen molar-refractivity contribution in [3.8, 4) is 17.2 Å². The number of carbonyl (C=O) groups excluding carboxylic acids is 1. The van der Waals surface area contributed by atoms with E-state index in [2.05, 4.69) is 25.1 Å². The van der Waals surface area contributed by atoms with E-state index in [-0.39, 0.29) is 5.91 Å². The molecule has 3 aromatic rings. The van der Waals surface area contributed by atoms with Crippen molar-refractivity contribution in [2.24, 2.45) is 0 Å². The van der Waals surface area contributed by atoms with Crippen molar-refractivity contribution in [3.05, 3.63) is 34.7 Å². The average Bonchev–Trinajstić information content (AvgIpc) is 3.15. The molecule has 0 aliphatic carbocycles. The fourth-order valence-electron chi connectivity index (χ4n) is 1.97. The molecule has 0 radical (unpaired) electrons. The summed E-state index contributed by atoms with van der Waals surface area (Å²) in [5.74, 6) is 1.06. The second kappa shape index (κ2) is 6.13. The largest absolute Gasteiger partial charge is 0.495 e. The van der Waals surface area contributed by atoms with Crippen LogP contribution < -0.4 is 10.1 Å². The molecule has 8 nitrogen and oxygen atoms in total. The van der Waals surface area contributed by atoms with Crippen molar-refractivity contribution < 1.29 is 13.9 Å². The summed E-state index contributed by atoms with van der Waals surface area (Å²) >= 11 is 1.04. The number of nitrogens with one attached hydrogen (secondary N) is 1. The van der Waals surface area contributed by atoms with E-state index in [0.717, 1.165) is 11.5 Å². The van der Waals surface area contributed by atoms with Crippen molar-refractivity contribution in [1.82, 2.24) is 19.8 Å². The second-order valence-corrected chi connectivity index (χ2v) is 5.44. The maximum atomic E-state index is 12.3. The minimum absolute atomic E-state index is 0.297. The van der Waals surface area contributed by atoms with Crippen molar-refractivity contribution in [1.29, 1.82) is 0 Å². The molecule has 2 heterocycles. The highest BCUT2D eigenvalue weighted by molar-refractivity contribution is 7.08. The average molecular weight is 331 g/mol. The number of benzene rings is 1. The molecule has 1 amide bonds. The van der Waals surface area contributed by atoms with Gasteiger partial charge in [0.2, 0.25) is 11.8 Å². The van der Waals surface area contributed by atoms with E-state index in [1.165, 1.54) is 7.11 Å². The lowest BCUT2D eigenvalue weighted by Crippen LogP contribution is -2.12. The van der Waals surface area contributed by atoms with Crippen LogP contribution in [0.25, 0.3) is 11.5 Å². The van der Waals surface area contributed by atoms with Gasteiger partial charge >= 0.3 is 0 Å². The van der Waals surface area contributed by atoms with Crippen LogP contribution in [-0.4, -0.2) is 32.8 Å². The van der Waals surface area contributed by atoms with Crippen LogP contribution in [0.15, 0.2) is 22.6 Å². The molecule has 0 unspecified atom stereocenters. The molecule has 1 aromatic carbocycles. The van der Waals surface area contributed by atoms with Gasteiger partial charge in [-0.15, -0.1) is 15.3 Å². The Labute approximate surface area is 135 Å². The Morgan fingerprint density at radius 3 is 2.70 bits per heavy atom. The topological polar surface area (TPSA) is 103 Å². The van der Waals surface area contributed by atoms with Crippen LogP contribution in [0, 0.1) is 13.8 Å². The number of nitrogens with zero attached hydrogens (tertiary/aromatic N) is 4. The third-order valence-corrected chi connectivity index (χ3v) is 3.91. The maximum Gasteiger partial charge on any atom is 0.269 e. The van der Waals surface area contributed by atoms with E-state index < -0.39 is 0 Å². The fraction of sp³-hybridized carbons (Fsp3) is 0.214. The molecule has 0 aliphatic rings. The summed E-state index contributed by atoms with van der Waals surface area (Å²) in [6, 6.07) is 5.22. The van der Waals surface area contributed by atoms with Gasteiger partial charge in [-0.3, -0.25) is 4.79 Å². The number of hydrogen-bond acceptors (Lipinski definition) is 8. The van der Waals surface area contributed by atoms with E-state index in [4.69, 9.17) is 9.15 Å². The second-order valence-electron chi connectivity index (χ2n) is 4.68. The summed E-state index contributed by atoms with van der Waals surface area (Å²) in [6.07, 6.45) is 0. The SMILES string of the molecule is COc1ccc(-c2nnc(C)o2)cc1NC(=O)c1snnc1C. The summed E-state index contributed by atoms with van der Waals surface area (Å²) in [4.78, 5) is 12.8. The lowest BCUT2D eigenvalue weighted by atomic mass is 10.2. The first-order chi connectivity index (χ1) is 11.1. The third kappa shape index (κ3) is 3.04. The molecule has 0 aliphatic heterocycles. The molecule has 1 N–H and O–H groups in total. The number of rotatable bonds is 4. The molecule has 0 saturated carbocycles. The summed E-state index contributed by atoms with van der Waals surface area (Å²) in [7, 11) is 1.53. The highest BCUT2D eigenvalue weighted by Gasteiger charge is 2.17. The Kier molecular flexibility index (Phi) is 4.02. The fourth-order valence-corrected chi connectivity index (χ4v) is 2.52. The first-order valence-corrected chi connectivity index (χ1v) is 7.44. The van der Waals surface area contributed by atoms with E-state index in [0.29, 0.717) is 39.4 Å². The normalized spacial score (nSPS) is 10.6. The predicted molar refractivity (Wildman–Crippen MR) is 83.6 cm³/mol. The van der Waals surface area contributed by atoms with Gasteiger partial charge in [-0.05, 0) is 36.7 Å². The summed E-state index contributed by atoms with van der Waals surface area (Å²) in [6.45, 7) is 3.44. The molecular weight excluding hydrogens is 318 g/mol. The molecule has 118 valence electrons. The summed E-state index contributed by atoms with van der Waals surface area (Å²) in [5.41, 5.74) is 1.76. The Hall–Kier alpha value is -2.81. The number of aryl methyl sites for hydroxylation is 2. The van der Waals surface area contributed by atoms with E-state index >= 15 is 0 Å². The van der Waals surface area contributed by atoms with Gasteiger partial charge in [0.25, 0.3) is 5.91 Å². The van der Waals surface area contributed by atoms with Crippen molar-refractivity contribution in [2.45, 2.75) is 13.8 Å². The third-order valence-electron chi connectivity index (χ3n) is 3.08. The molecule has 23 heavy (non-hydrogen) atoms. The maximum absolute atomic E-state index is 12.3. The van der Waals surface area contributed by atoms with Gasteiger partial charge in [0, 0.05) is 12.5 Å². The lowest BCUT2D eigenvalue weighted by molar-refractivity contribution is 0.102. The standard InChI is InChI=1S/C14H13N5O3S/c1-7-12(23-19-16-7)13(20)15-10-6-9(4-5-11(10)21-3)14-18-17-8(2)22-14/h4-6H,1-3H3,(H,15,20). The monoisotopic (exact) mass is 331 g/mol. The van der Waals surface area contributed by atoms with E-state index in [1.807, 2.05) is 0 Å². The van der Waals surface area contributed by atoms with Crippen LogP contribution in [0.1, 0.15) is 21.3 Å². The lowest BCUT2D eigenvalue weighted by Gasteiger charge is -2.10. The van der Waals surface area contributed by atoms with Gasteiger partial charge in [-0.1, -0.05) is 4.49 Å². The van der Waals surface area contributed by atoms with Crippen LogP contribution in [0.5, 0.6) is 5.75 Å². The molecule has 0 bridgehead atoms. The van der Waals surface area contributed by atoms with Gasteiger partial charge in [0.1, 0.15) is 10.6 Å².